The Hall–Kier alpha value is -3.79. The fourth-order valence-electron chi connectivity index (χ4n) is 4.09. The molecule has 0 fully saturated rings. The van der Waals surface area contributed by atoms with Crippen LogP contribution >= 0.6 is 11.3 Å². The average molecular weight is 559 g/mol. The molecule has 38 heavy (non-hydrogen) atoms. The molecule has 0 aliphatic carbocycles. The van der Waals surface area contributed by atoms with E-state index in [1.54, 1.807) is 24.3 Å². The summed E-state index contributed by atoms with van der Waals surface area (Å²) >= 11 is -0.923. The summed E-state index contributed by atoms with van der Waals surface area (Å²) in [4.78, 5) is 15.4. The second kappa shape index (κ2) is 9.83. The number of nitrogens with one attached hydrogen (secondary N) is 3. The summed E-state index contributed by atoms with van der Waals surface area (Å²) in [5.41, 5.74) is 3.32. The van der Waals surface area contributed by atoms with Crippen LogP contribution in [0.4, 0.5) is 31.8 Å². The number of ether oxygens (including phenoxy) is 1. The van der Waals surface area contributed by atoms with Crippen LogP contribution in [0.25, 0.3) is 21.7 Å². The molecule has 0 saturated heterocycles. The Kier molecular flexibility index (Phi) is 6.35. The number of benzene rings is 1. The number of pyridine rings is 1. The molecule has 0 amide bonds. The number of nitrogens with zero attached hydrogens (tertiary/aromatic N) is 5. The molecule has 4 N–H and O–H groups in total. The lowest BCUT2D eigenvalue weighted by Crippen LogP contribution is -2.16. The Bertz CT molecular complexity index is 1660. The van der Waals surface area contributed by atoms with Gasteiger partial charge in [0.15, 0.2) is 28.4 Å². The molecule has 0 saturated carbocycles. The van der Waals surface area contributed by atoms with Crippen LogP contribution in [0.2, 0.25) is 0 Å². The lowest BCUT2D eigenvalue weighted by atomic mass is 10.2. The van der Waals surface area contributed by atoms with Crippen molar-refractivity contribution < 1.29 is 22.3 Å². The van der Waals surface area contributed by atoms with Gasteiger partial charge in [-0.05, 0) is 25.1 Å². The van der Waals surface area contributed by atoms with E-state index in [2.05, 4.69) is 35.7 Å². The SMILES string of the molecule is Cc1csc(-c2ccc(Nc3cc(Nc4cc5n(n4)CCOC5)nc4nc(C(F)F)[nH]c34)c(S(=O)O)c2)n1. The number of aryl methyl sites for hydroxylation is 1. The number of H-pyrrole nitrogens is 1. The van der Waals surface area contributed by atoms with Gasteiger partial charge in [0.2, 0.25) is 0 Å². The summed E-state index contributed by atoms with van der Waals surface area (Å²) in [6.07, 6.45) is -2.84. The van der Waals surface area contributed by atoms with Gasteiger partial charge >= 0.3 is 0 Å². The van der Waals surface area contributed by atoms with Crippen molar-refractivity contribution in [2.45, 2.75) is 31.4 Å². The lowest BCUT2D eigenvalue weighted by Gasteiger charge is -2.13. The molecule has 15 heteroatoms. The molecule has 1 aliphatic heterocycles. The number of halogens is 2. The maximum absolute atomic E-state index is 13.5. The minimum Gasteiger partial charge on any atom is -0.373 e. The van der Waals surface area contributed by atoms with Crippen molar-refractivity contribution in [2.75, 3.05) is 17.2 Å². The number of imidazole rings is 1. The van der Waals surface area contributed by atoms with Crippen molar-refractivity contribution >= 4 is 56.6 Å². The molecule has 0 bridgehead atoms. The van der Waals surface area contributed by atoms with Gasteiger partial charge in [-0.15, -0.1) is 11.3 Å². The first-order valence-electron chi connectivity index (χ1n) is 11.4. The predicted octanol–water partition coefficient (Wildman–Crippen LogP) is 5.12. The Morgan fingerprint density at radius 2 is 2.03 bits per heavy atom. The Morgan fingerprint density at radius 3 is 2.76 bits per heavy atom. The van der Waals surface area contributed by atoms with Gasteiger partial charge in [-0.2, -0.15) is 5.10 Å². The number of rotatable bonds is 7. The second-order valence-electron chi connectivity index (χ2n) is 8.48. The van der Waals surface area contributed by atoms with E-state index in [9.17, 15) is 17.5 Å². The Balaban J connectivity index is 1.40. The number of alkyl halides is 2. The van der Waals surface area contributed by atoms with E-state index in [0.29, 0.717) is 53.3 Å². The van der Waals surface area contributed by atoms with Gasteiger partial charge in [-0.3, -0.25) is 4.68 Å². The third-order valence-corrected chi connectivity index (χ3v) is 7.53. The zero-order chi connectivity index (χ0) is 26.4. The molecule has 196 valence electrons. The molecule has 1 unspecified atom stereocenters. The highest BCUT2D eigenvalue weighted by molar-refractivity contribution is 7.79. The molecule has 6 rings (SSSR count). The van der Waals surface area contributed by atoms with E-state index in [4.69, 9.17) is 4.74 Å². The molecule has 0 spiro atoms. The fourth-order valence-corrected chi connectivity index (χ4v) is 5.42. The number of aromatic amines is 1. The largest absolute Gasteiger partial charge is 0.373 e. The van der Waals surface area contributed by atoms with E-state index >= 15 is 0 Å². The van der Waals surface area contributed by atoms with E-state index in [1.165, 1.54) is 11.3 Å². The van der Waals surface area contributed by atoms with Crippen LogP contribution < -0.4 is 10.6 Å². The van der Waals surface area contributed by atoms with Crippen molar-refractivity contribution in [1.29, 1.82) is 0 Å². The van der Waals surface area contributed by atoms with Crippen LogP contribution in [0, 0.1) is 6.92 Å². The summed E-state index contributed by atoms with van der Waals surface area (Å²) in [6.45, 7) is 3.48. The van der Waals surface area contributed by atoms with Gasteiger partial charge in [0, 0.05) is 28.8 Å². The Labute approximate surface area is 220 Å². The normalized spacial score (nSPS) is 14.1. The topological polar surface area (TPSA) is 143 Å². The zero-order valence-corrected chi connectivity index (χ0v) is 21.4. The summed E-state index contributed by atoms with van der Waals surface area (Å²) in [5.74, 6) is 0.265. The average Bonchev–Trinajstić information content (AvgIpc) is 3.62. The third kappa shape index (κ3) is 4.76. The number of aromatic nitrogens is 6. The molecule has 1 aliphatic rings. The standard InChI is InChI=1S/C23H20F2N8O3S2/c1-11-10-37-23(26-11)12-2-3-14(16(6-12)38(34)35)27-15-8-17(29-21-19(15)30-22(31-21)20(24)25)28-18-7-13-9-36-5-4-33(13)32-18/h2-3,6-8,10,20H,4-5,9H2,1H3,(H,34,35)(H3,27,28,29,30,31,32). The predicted molar refractivity (Wildman–Crippen MR) is 139 cm³/mol. The smallest absolute Gasteiger partial charge is 0.295 e. The number of fused-ring (bicyclic) bond motifs is 2. The van der Waals surface area contributed by atoms with Crippen molar-refractivity contribution in [3.05, 3.63) is 52.9 Å². The van der Waals surface area contributed by atoms with Gasteiger partial charge < -0.3 is 24.9 Å². The van der Waals surface area contributed by atoms with Gasteiger partial charge in [-0.25, -0.2) is 27.9 Å². The van der Waals surface area contributed by atoms with Gasteiger partial charge in [0.05, 0.1) is 41.7 Å². The lowest BCUT2D eigenvalue weighted by molar-refractivity contribution is 0.0801. The molecule has 5 heterocycles. The first kappa shape index (κ1) is 24.5. The first-order chi connectivity index (χ1) is 18.3. The highest BCUT2D eigenvalue weighted by Crippen LogP contribution is 2.34. The second-order valence-corrected chi connectivity index (χ2v) is 10.3. The van der Waals surface area contributed by atoms with Crippen LogP contribution in [-0.4, -0.2) is 45.1 Å². The third-order valence-electron chi connectivity index (χ3n) is 5.81. The number of thiazole rings is 1. The maximum atomic E-state index is 13.5. The first-order valence-corrected chi connectivity index (χ1v) is 13.4. The van der Waals surface area contributed by atoms with Crippen molar-refractivity contribution in [1.82, 2.24) is 29.7 Å². The van der Waals surface area contributed by atoms with E-state index < -0.39 is 23.3 Å². The van der Waals surface area contributed by atoms with Crippen molar-refractivity contribution in [2.24, 2.45) is 0 Å². The van der Waals surface area contributed by atoms with Crippen molar-refractivity contribution in [3.8, 4) is 10.6 Å². The molecular formula is C23H20F2N8O3S2. The van der Waals surface area contributed by atoms with Crippen LogP contribution in [-0.2, 0) is 29.0 Å². The van der Waals surface area contributed by atoms with Crippen LogP contribution in [0.3, 0.4) is 0 Å². The number of hydrogen-bond donors (Lipinski definition) is 4. The van der Waals surface area contributed by atoms with Crippen LogP contribution in [0.15, 0.2) is 40.6 Å². The van der Waals surface area contributed by atoms with Gasteiger partial charge in [0.25, 0.3) is 6.43 Å². The maximum Gasteiger partial charge on any atom is 0.295 e. The minimum atomic E-state index is -2.84. The molecule has 4 aromatic heterocycles. The number of anilines is 4. The number of hydrogen-bond acceptors (Lipinski definition) is 9. The zero-order valence-electron chi connectivity index (χ0n) is 19.7. The summed E-state index contributed by atoms with van der Waals surface area (Å²) in [7, 11) is 0. The van der Waals surface area contributed by atoms with Crippen LogP contribution in [0.5, 0.6) is 0 Å². The highest BCUT2D eigenvalue weighted by Gasteiger charge is 2.20. The molecule has 0 radical (unpaired) electrons. The summed E-state index contributed by atoms with van der Waals surface area (Å²) in [5, 5.41) is 13.3. The quantitative estimate of drug-likeness (QED) is 0.200. The van der Waals surface area contributed by atoms with E-state index in [-0.39, 0.29) is 16.1 Å². The van der Waals surface area contributed by atoms with E-state index in [1.807, 2.05) is 23.1 Å². The fraction of sp³-hybridized carbons (Fsp3) is 0.217. The minimum absolute atomic E-state index is 0.0432. The molecular weight excluding hydrogens is 538 g/mol. The van der Waals surface area contributed by atoms with Crippen LogP contribution in [0.1, 0.15) is 23.6 Å². The van der Waals surface area contributed by atoms with Crippen molar-refractivity contribution in [3.63, 3.8) is 0 Å². The monoisotopic (exact) mass is 558 g/mol. The summed E-state index contributed by atoms with van der Waals surface area (Å²) in [6, 6.07) is 8.39. The van der Waals surface area contributed by atoms with E-state index in [0.717, 1.165) is 11.4 Å². The summed E-state index contributed by atoms with van der Waals surface area (Å²) < 4.78 is 56.5. The molecule has 1 atom stereocenters. The molecule has 11 nitrogen and oxygen atoms in total. The molecule has 1 aromatic carbocycles. The Morgan fingerprint density at radius 1 is 1.16 bits per heavy atom. The highest BCUT2D eigenvalue weighted by atomic mass is 32.2. The van der Waals surface area contributed by atoms with Gasteiger partial charge in [-0.1, -0.05) is 0 Å². The molecule has 5 aromatic rings. The van der Waals surface area contributed by atoms with Gasteiger partial charge in [0.1, 0.15) is 16.3 Å².